The number of rotatable bonds is 8. The maximum atomic E-state index is 13.3. The summed E-state index contributed by atoms with van der Waals surface area (Å²) in [5.41, 5.74) is 3.58. The van der Waals surface area contributed by atoms with E-state index in [2.05, 4.69) is 0 Å². The van der Waals surface area contributed by atoms with Gasteiger partial charge in [0.05, 0.1) is 18.1 Å². The van der Waals surface area contributed by atoms with Crippen molar-refractivity contribution >= 4 is 11.0 Å². The standard InChI is InChI=1S/C30H24O5/c1-32-27-15-12-23(16-29(27)34-19-22-10-6-3-7-11-22)26-20-35-28-17-24(13-14-25(28)30(26)31)33-18-21-8-4-2-5-9-21/h2-17,20H,18-19H2,1H3. The summed E-state index contributed by atoms with van der Waals surface area (Å²) in [6.45, 7) is 0.824. The maximum absolute atomic E-state index is 13.3. The molecule has 0 radical (unpaired) electrons. The second kappa shape index (κ2) is 10.2. The van der Waals surface area contributed by atoms with Crippen LogP contribution in [-0.4, -0.2) is 7.11 Å². The normalized spacial score (nSPS) is 10.8. The number of benzene rings is 4. The zero-order valence-corrected chi connectivity index (χ0v) is 19.3. The van der Waals surface area contributed by atoms with Crippen LogP contribution in [0.5, 0.6) is 17.2 Å². The van der Waals surface area contributed by atoms with E-state index >= 15 is 0 Å². The van der Waals surface area contributed by atoms with E-state index < -0.39 is 0 Å². The van der Waals surface area contributed by atoms with Gasteiger partial charge >= 0.3 is 0 Å². The Labute approximate surface area is 203 Å². The molecule has 0 spiro atoms. The smallest absolute Gasteiger partial charge is 0.200 e. The van der Waals surface area contributed by atoms with Crippen LogP contribution in [0.2, 0.25) is 0 Å². The highest BCUT2D eigenvalue weighted by atomic mass is 16.5. The fraction of sp³-hybridized carbons (Fsp3) is 0.100. The highest BCUT2D eigenvalue weighted by Gasteiger charge is 2.14. The minimum absolute atomic E-state index is 0.125. The third-order valence-electron chi connectivity index (χ3n) is 5.71. The Bertz CT molecular complexity index is 1490. The molecule has 0 atom stereocenters. The lowest BCUT2D eigenvalue weighted by molar-refractivity contribution is 0.284. The predicted molar refractivity (Wildman–Crippen MR) is 136 cm³/mol. The van der Waals surface area contributed by atoms with Crippen LogP contribution in [0.1, 0.15) is 11.1 Å². The molecule has 5 nitrogen and oxygen atoms in total. The van der Waals surface area contributed by atoms with E-state index in [9.17, 15) is 4.79 Å². The summed E-state index contributed by atoms with van der Waals surface area (Å²) in [5, 5.41) is 0.483. The van der Waals surface area contributed by atoms with E-state index in [1.807, 2.05) is 66.7 Å². The monoisotopic (exact) mass is 464 g/mol. The summed E-state index contributed by atoms with van der Waals surface area (Å²) in [6, 6.07) is 30.5. The van der Waals surface area contributed by atoms with Crippen molar-refractivity contribution in [3.8, 4) is 28.4 Å². The Morgan fingerprint density at radius 3 is 2.09 bits per heavy atom. The van der Waals surface area contributed by atoms with Crippen LogP contribution in [0.25, 0.3) is 22.1 Å². The van der Waals surface area contributed by atoms with Crippen molar-refractivity contribution in [1.29, 1.82) is 0 Å². The lowest BCUT2D eigenvalue weighted by atomic mass is 10.0. The second-order valence-corrected chi connectivity index (χ2v) is 8.05. The van der Waals surface area contributed by atoms with Gasteiger partial charge in [-0.15, -0.1) is 0 Å². The topological polar surface area (TPSA) is 57.9 Å². The molecule has 0 bridgehead atoms. The van der Waals surface area contributed by atoms with Crippen LogP contribution in [0.4, 0.5) is 0 Å². The highest BCUT2D eigenvalue weighted by Crippen LogP contribution is 2.33. The number of hydrogen-bond donors (Lipinski definition) is 0. The molecule has 35 heavy (non-hydrogen) atoms. The van der Waals surface area contributed by atoms with Crippen LogP contribution in [0.15, 0.2) is 113 Å². The Balaban J connectivity index is 1.40. The molecule has 174 valence electrons. The van der Waals surface area contributed by atoms with Gasteiger partial charge in [0.2, 0.25) is 0 Å². The quantitative estimate of drug-likeness (QED) is 0.258. The summed E-state index contributed by atoms with van der Waals surface area (Å²) in [7, 11) is 1.59. The van der Waals surface area contributed by atoms with Crippen LogP contribution in [-0.2, 0) is 13.2 Å². The molecule has 1 heterocycles. The summed E-state index contributed by atoms with van der Waals surface area (Å²) >= 11 is 0. The SMILES string of the molecule is COc1ccc(-c2coc3cc(OCc4ccccc4)ccc3c2=O)cc1OCc1ccccc1. The third kappa shape index (κ3) is 5.04. The predicted octanol–water partition coefficient (Wildman–Crippen LogP) is 6.63. The molecule has 4 aromatic carbocycles. The van der Waals surface area contributed by atoms with E-state index in [-0.39, 0.29) is 5.43 Å². The molecule has 0 saturated carbocycles. The van der Waals surface area contributed by atoms with Crippen molar-refractivity contribution in [3.63, 3.8) is 0 Å². The molecule has 0 N–H and O–H groups in total. The van der Waals surface area contributed by atoms with Crippen molar-refractivity contribution in [2.75, 3.05) is 7.11 Å². The Morgan fingerprint density at radius 2 is 1.40 bits per heavy atom. The molecule has 5 rings (SSSR count). The first-order valence-corrected chi connectivity index (χ1v) is 11.3. The molecule has 0 aliphatic heterocycles. The minimum atomic E-state index is -0.125. The Hall–Kier alpha value is -4.51. The zero-order chi connectivity index (χ0) is 24.0. The van der Waals surface area contributed by atoms with Gasteiger partial charge in [-0.25, -0.2) is 0 Å². The lowest BCUT2D eigenvalue weighted by Gasteiger charge is -2.13. The fourth-order valence-electron chi connectivity index (χ4n) is 3.83. The molecule has 5 aromatic rings. The van der Waals surface area contributed by atoms with Crippen LogP contribution < -0.4 is 19.6 Å². The zero-order valence-electron chi connectivity index (χ0n) is 19.3. The van der Waals surface area contributed by atoms with Gasteiger partial charge in [0, 0.05) is 6.07 Å². The fourth-order valence-corrected chi connectivity index (χ4v) is 3.83. The first-order chi connectivity index (χ1) is 17.2. The summed E-state index contributed by atoms with van der Waals surface area (Å²) in [5.74, 6) is 1.78. The van der Waals surface area contributed by atoms with E-state index in [0.717, 1.165) is 11.1 Å². The van der Waals surface area contributed by atoms with Gasteiger partial charge in [-0.3, -0.25) is 4.79 Å². The van der Waals surface area contributed by atoms with Gasteiger partial charge in [-0.1, -0.05) is 66.7 Å². The van der Waals surface area contributed by atoms with E-state index in [1.54, 1.807) is 37.4 Å². The summed E-state index contributed by atoms with van der Waals surface area (Å²) in [6.07, 6.45) is 1.48. The largest absolute Gasteiger partial charge is 0.493 e. The molecular weight excluding hydrogens is 440 g/mol. The Kier molecular flexibility index (Phi) is 6.48. The lowest BCUT2D eigenvalue weighted by Crippen LogP contribution is -2.05. The van der Waals surface area contributed by atoms with Gasteiger partial charge in [0.25, 0.3) is 0 Å². The van der Waals surface area contributed by atoms with Crippen LogP contribution >= 0.6 is 0 Å². The van der Waals surface area contributed by atoms with E-state index in [4.69, 9.17) is 18.6 Å². The van der Waals surface area contributed by atoms with Crippen LogP contribution in [0.3, 0.4) is 0 Å². The van der Waals surface area contributed by atoms with Gasteiger partial charge in [0.15, 0.2) is 16.9 Å². The Morgan fingerprint density at radius 1 is 0.714 bits per heavy atom. The molecule has 1 aromatic heterocycles. The molecule has 0 aliphatic rings. The van der Waals surface area contributed by atoms with Gasteiger partial charge < -0.3 is 18.6 Å². The van der Waals surface area contributed by atoms with Crippen LogP contribution in [0, 0.1) is 0 Å². The molecule has 0 aliphatic carbocycles. The van der Waals surface area contributed by atoms with Gasteiger partial charge in [-0.2, -0.15) is 0 Å². The maximum Gasteiger partial charge on any atom is 0.200 e. The molecule has 0 unspecified atom stereocenters. The van der Waals surface area contributed by atoms with E-state index in [0.29, 0.717) is 52.6 Å². The molecule has 0 saturated heterocycles. The van der Waals surface area contributed by atoms with Gasteiger partial charge in [0.1, 0.15) is 30.8 Å². The van der Waals surface area contributed by atoms with Crippen molar-refractivity contribution in [1.82, 2.24) is 0 Å². The summed E-state index contributed by atoms with van der Waals surface area (Å²) < 4.78 is 23.2. The third-order valence-corrected chi connectivity index (χ3v) is 5.71. The molecular formula is C30H24O5. The number of ether oxygens (including phenoxy) is 3. The highest BCUT2D eigenvalue weighted by molar-refractivity contribution is 5.83. The molecule has 0 fully saturated rings. The van der Waals surface area contributed by atoms with Crippen molar-refractivity contribution < 1.29 is 18.6 Å². The van der Waals surface area contributed by atoms with Crippen molar-refractivity contribution in [2.24, 2.45) is 0 Å². The second-order valence-electron chi connectivity index (χ2n) is 8.05. The van der Waals surface area contributed by atoms with Gasteiger partial charge in [-0.05, 0) is 41.0 Å². The molecule has 5 heteroatoms. The first kappa shape index (κ1) is 22.3. The van der Waals surface area contributed by atoms with Crippen molar-refractivity contribution in [2.45, 2.75) is 13.2 Å². The summed E-state index contributed by atoms with van der Waals surface area (Å²) in [4.78, 5) is 13.3. The number of fused-ring (bicyclic) bond motifs is 1. The number of hydrogen-bond acceptors (Lipinski definition) is 5. The average molecular weight is 465 g/mol. The van der Waals surface area contributed by atoms with E-state index in [1.165, 1.54) is 6.26 Å². The van der Waals surface area contributed by atoms with Crippen molar-refractivity contribution in [3.05, 3.63) is 125 Å². The minimum Gasteiger partial charge on any atom is -0.493 e. The first-order valence-electron chi connectivity index (χ1n) is 11.3. The average Bonchev–Trinajstić information content (AvgIpc) is 2.92. The molecule has 0 amide bonds. The number of methoxy groups -OCH3 is 1.